The maximum atomic E-state index is 11.4. The zero-order valence-electron chi connectivity index (χ0n) is 12.2. The average molecular weight is 306 g/mol. The molecule has 21 heavy (non-hydrogen) atoms. The highest BCUT2D eigenvalue weighted by Crippen LogP contribution is 2.27. The van der Waals surface area contributed by atoms with Crippen LogP contribution in [-0.2, 0) is 9.84 Å². The third-order valence-electron chi connectivity index (χ3n) is 3.17. The molecule has 2 rings (SSSR count). The lowest BCUT2D eigenvalue weighted by atomic mass is 10.1. The number of nitrogens with one attached hydrogen (secondary N) is 1. The zero-order chi connectivity index (χ0) is 15.5. The maximum Gasteiger partial charge on any atom is 0.223 e. The van der Waals surface area contributed by atoms with Gasteiger partial charge in [-0.25, -0.2) is 13.4 Å². The van der Waals surface area contributed by atoms with Crippen LogP contribution in [0.1, 0.15) is 18.5 Å². The fraction of sp³-hybridized carbons (Fsp3) is 0.267. The highest BCUT2D eigenvalue weighted by molar-refractivity contribution is 7.90. The summed E-state index contributed by atoms with van der Waals surface area (Å²) in [5, 5.41) is 3.14. The maximum absolute atomic E-state index is 11.4. The second-order valence-electron chi connectivity index (χ2n) is 4.75. The number of rotatable bonds is 5. The molecule has 0 saturated carbocycles. The molecule has 0 aliphatic rings. The summed E-state index contributed by atoms with van der Waals surface area (Å²) in [6.45, 7) is 2.01. The molecule has 0 radical (unpaired) electrons. The van der Waals surface area contributed by atoms with E-state index < -0.39 is 9.84 Å². The second kappa shape index (κ2) is 6.24. The van der Waals surface area contributed by atoms with E-state index in [2.05, 4.69) is 10.3 Å². The van der Waals surface area contributed by atoms with Crippen molar-refractivity contribution >= 4 is 9.84 Å². The van der Waals surface area contributed by atoms with Crippen LogP contribution in [0, 0.1) is 0 Å². The number of aromatic nitrogens is 1. The summed E-state index contributed by atoms with van der Waals surface area (Å²) in [6, 6.07) is 10.2. The third kappa shape index (κ3) is 3.80. The summed E-state index contributed by atoms with van der Waals surface area (Å²) < 4.78 is 28.6. The van der Waals surface area contributed by atoms with Crippen molar-refractivity contribution < 1.29 is 13.2 Å². The third-order valence-corrected chi connectivity index (χ3v) is 4.29. The van der Waals surface area contributed by atoms with Gasteiger partial charge in [0.05, 0.1) is 4.90 Å². The van der Waals surface area contributed by atoms with Crippen LogP contribution in [0.15, 0.2) is 47.5 Å². The molecule has 0 aliphatic carbocycles. The summed E-state index contributed by atoms with van der Waals surface area (Å²) in [5.41, 5.74) is 0.937. The van der Waals surface area contributed by atoms with Crippen LogP contribution in [0.3, 0.4) is 0 Å². The fourth-order valence-corrected chi connectivity index (χ4v) is 2.47. The molecule has 5 nitrogen and oxygen atoms in total. The van der Waals surface area contributed by atoms with Gasteiger partial charge in [0, 0.05) is 24.1 Å². The van der Waals surface area contributed by atoms with Gasteiger partial charge in [0.1, 0.15) is 5.75 Å². The highest BCUT2D eigenvalue weighted by Gasteiger charge is 2.12. The van der Waals surface area contributed by atoms with E-state index in [1.165, 1.54) is 18.4 Å². The van der Waals surface area contributed by atoms with Gasteiger partial charge in [0.15, 0.2) is 9.84 Å². The van der Waals surface area contributed by atoms with Crippen molar-refractivity contribution in [2.45, 2.75) is 17.9 Å². The Hall–Kier alpha value is -1.92. The number of hydrogen-bond acceptors (Lipinski definition) is 5. The Morgan fingerprint density at radius 1 is 1.19 bits per heavy atom. The lowest BCUT2D eigenvalue weighted by Crippen LogP contribution is -2.13. The van der Waals surface area contributed by atoms with Crippen molar-refractivity contribution in [2.75, 3.05) is 13.3 Å². The van der Waals surface area contributed by atoms with E-state index in [1.54, 1.807) is 18.3 Å². The molecular formula is C15H18N2O3S. The SMILES string of the molecule is CNC(C)c1cccnc1Oc1ccc(S(C)(=O)=O)cc1. The molecule has 1 atom stereocenters. The Morgan fingerprint density at radius 3 is 2.43 bits per heavy atom. The molecule has 0 fully saturated rings. The number of ether oxygens (including phenoxy) is 1. The number of nitrogens with zero attached hydrogens (tertiary/aromatic N) is 1. The van der Waals surface area contributed by atoms with E-state index in [1.807, 2.05) is 26.1 Å². The summed E-state index contributed by atoms with van der Waals surface area (Å²) in [6.07, 6.45) is 2.83. The molecular weight excluding hydrogens is 288 g/mol. The van der Waals surface area contributed by atoms with Crippen LogP contribution in [0.5, 0.6) is 11.6 Å². The predicted octanol–water partition coefficient (Wildman–Crippen LogP) is 2.56. The average Bonchev–Trinajstić information content (AvgIpc) is 2.46. The molecule has 1 N–H and O–H groups in total. The minimum Gasteiger partial charge on any atom is -0.439 e. The lowest BCUT2D eigenvalue weighted by Gasteiger charge is -2.15. The van der Waals surface area contributed by atoms with Crippen LogP contribution in [0.25, 0.3) is 0 Å². The first-order valence-corrected chi connectivity index (χ1v) is 8.41. The van der Waals surface area contributed by atoms with Gasteiger partial charge in [0.25, 0.3) is 0 Å². The smallest absolute Gasteiger partial charge is 0.223 e. The van der Waals surface area contributed by atoms with Crippen LogP contribution in [-0.4, -0.2) is 26.7 Å². The Morgan fingerprint density at radius 2 is 1.86 bits per heavy atom. The van der Waals surface area contributed by atoms with Gasteiger partial charge < -0.3 is 10.1 Å². The quantitative estimate of drug-likeness (QED) is 0.919. The Bertz CT molecular complexity index is 712. The van der Waals surface area contributed by atoms with E-state index >= 15 is 0 Å². The van der Waals surface area contributed by atoms with Crippen LogP contribution < -0.4 is 10.1 Å². The first-order chi connectivity index (χ1) is 9.91. The van der Waals surface area contributed by atoms with Gasteiger partial charge in [-0.1, -0.05) is 6.07 Å². The molecule has 0 saturated heterocycles. The first kappa shape index (κ1) is 15.5. The molecule has 0 spiro atoms. The molecule has 112 valence electrons. The van der Waals surface area contributed by atoms with E-state index in [9.17, 15) is 8.42 Å². The van der Waals surface area contributed by atoms with E-state index in [4.69, 9.17) is 4.74 Å². The van der Waals surface area contributed by atoms with Crippen LogP contribution in [0.4, 0.5) is 0 Å². The minimum atomic E-state index is -3.20. The normalized spacial score (nSPS) is 12.9. The van der Waals surface area contributed by atoms with E-state index in [0.29, 0.717) is 11.6 Å². The summed E-state index contributed by atoms with van der Waals surface area (Å²) >= 11 is 0. The number of pyridine rings is 1. The molecule has 6 heteroatoms. The van der Waals surface area contributed by atoms with Crippen molar-refractivity contribution in [3.05, 3.63) is 48.2 Å². The lowest BCUT2D eigenvalue weighted by molar-refractivity contribution is 0.446. The van der Waals surface area contributed by atoms with Crippen molar-refractivity contribution in [1.82, 2.24) is 10.3 Å². The highest BCUT2D eigenvalue weighted by atomic mass is 32.2. The Kier molecular flexibility index (Phi) is 4.59. The predicted molar refractivity (Wildman–Crippen MR) is 81.3 cm³/mol. The first-order valence-electron chi connectivity index (χ1n) is 6.52. The largest absolute Gasteiger partial charge is 0.439 e. The Labute approximate surface area is 124 Å². The molecule has 0 amide bonds. The summed E-state index contributed by atoms with van der Waals surface area (Å²) in [5.74, 6) is 1.05. The van der Waals surface area contributed by atoms with Crippen LogP contribution in [0.2, 0.25) is 0 Å². The fourth-order valence-electron chi connectivity index (χ4n) is 1.84. The molecule has 1 heterocycles. The van der Waals surface area contributed by atoms with Gasteiger partial charge in [-0.2, -0.15) is 0 Å². The van der Waals surface area contributed by atoms with Crippen molar-refractivity contribution in [3.63, 3.8) is 0 Å². The van der Waals surface area contributed by atoms with E-state index in [-0.39, 0.29) is 10.9 Å². The van der Waals surface area contributed by atoms with Gasteiger partial charge in [-0.3, -0.25) is 0 Å². The van der Waals surface area contributed by atoms with E-state index in [0.717, 1.165) is 5.56 Å². The monoisotopic (exact) mass is 306 g/mol. The second-order valence-corrected chi connectivity index (χ2v) is 6.77. The van der Waals surface area contributed by atoms with Gasteiger partial charge >= 0.3 is 0 Å². The summed E-state index contributed by atoms with van der Waals surface area (Å²) in [4.78, 5) is 4.50. The van der Waals surface area contributed by atoms with Gasteiger partial charge in [0.2, 0.25) is 5.88 Å². The zero-order valence-corrected chi connectivity index (χ0v) is 13.0. The van der Waals surface area contributed by atoms with Crippen molar-refractivity contribution in [1.29, 1.82) is 0 Å². The molecule has 1 aromatic heterocycles. The molecule has 2 aromatic rings. The van der Waals surface area contributed by atoms with Crippen molar-refractivity contribution in [3.8, 4) is 11.6 Å². The van der Waals surface area contributed by atoms with Crippen molar-refractivity contribution in [2.24, 2.45) is 0 Å². The van der Waals surface area contributed by atoms with Crippen LogP contribution >= 0.6 is 0 Å². The van der Waals surface area contributed by atoms with Gasteiger partial charge in [-0.05, 0) is 44.3 Å². The topological polar surface area (TPSA) is 68.3 Å². The summed E-state index contributed by atoms with van der Waals surface area (Å²) in [7, 11) is -1.34. The number of benzene rings is 1. The Balaban J connectivity index is 2.27. The molecule has 0 bridgehead atoms. The van der Waals surface area contributed by atoms with Gasteiger partial charge in [-0.15, -0.1) is 0 Å². The molecule has 1 aromatic carbocycles. The number of sulfone groups is 1. The standard InChI is InChI=1S/C15H18N2O3S/c1-11(16-2)14-5-4-10-17-15(14)20-12-6-8-13(9-7-12)21(3,18)19/h4-11,16H,1-3H3. The molecule has 0 aliphatic heterocycles. The minimum absolute atomic E-state index is 0.101. The number of hydrogen-bond donors (Lipinski definition) is 1. The molecule has 1 unspecified atom stereocenters.